The number of benzene rings is 1. The van der Waals surface area contributed by atoms with Crippen LogP contribution in [-0.4, -0.2) is 55.6 Å². The van der Waals surface area contributed by atoms with Gasteiger partial charge in [-0.25, -0.2) is 4.68 Å². The van der Waals surface area contributed by atoms with Crippen molar-refractivity contribution in [2.45, 2.75) is 32.0 Å². The van der Waals surface area contributed by atoms with Crippen LogP contribution in [0.4, 0.5) is 18.3 Å². The average Bonchev–Trinajstić information content (AvgIpc) is 3.27. The summed E-state index contributed by atoms with van der Waals surface area (Å²) in [6.45, 7) is 3.42. The van der Waals surface area contributed by atoms with Crippen LogP contribution in [0.25, 0.3) is 11.0 Å². The van der Waals surface area contributed by atoms with Crippen LogP contribution in [0.15, 0.2) is 18.2 Å². The van der Waals surface area contributed by atoms with Gasteiger partial charge in [-0.05, 0) is 38.0 Å². The number of carbonyl (C=O) groups is 1. The van der Waals surface area contributed by atoms with Gasteiger partial charge in [-0.2, -0.15) is 13.2 Å². The number of anilines is 1. The standard InChI is InChI=1S/C17H18F3N7OS/c1-10-22-24-16(29-10)21-15(28)9-26-6-4-12(5-7-26)27-14-3-2-11(17(18,19)20)8-13(14)23-25-27/h2-3,8,12H,4-7,9H2,1H3,(H,21,24,28). The number of alkyl halides is 3. The van der Waals surface area contributed by atoms with Crippen molar-refractivity contribution < 1.29 is 18.0 Å². The molecule has 0 spiro atoms. The summed E-state index contributed by atoms with van der Waals surface area (Å²) in [5, 5.41) is 19.7. The van der Waals surface area contributed by atoms with Crippen molar-refractivity contribution in [3.8, 4) is 0 Å². The van der Waals surface area contributed by atoms with Gasteiger partial charge in [0.25, 0.3) is 0 Å². The predicted molar refractivity (Wildman–Crippen MR) is 101 cm³/mol. The number of piperidine rings is 1. The quantitative estimate of drug-likeness (QED) is 0.692. The minimum absolute atomic E-state index is 0.0295. The van der Waals surface area contributed by atoms with Crippen molar-refractivity contribution >= 4 is 33.4 Å². The predicted octanol–water partition coefficient (Wildman–Crippen LogP) is 2.89. The zero-order chi connectivity index (χ0) is 20.6. The topological polar surface area (TPSA) is 88.8 Å². The highest BCUT2D eigenvalue weighted by molar-refractivity contribution is 7.15. The second-order valence-corrected chi connectivity index (χ2v) is 8.10. The molecule has 1 N–H and O–H groups in total. The molecular weight excluding hydrogens is 407 g/mol. The Bertz CT molecular complexity index is 1020. The first kappa shape index (κ1) is 19.7. The maximum atomic E-state index is 12.9. The summed E-state index contributed by atoms with van der Waals surface area (Å²) in [4.78, 5) is 14.2. The van der Waals surface area contributed by atoms with Crippen LogP contribution in [0.5, 0.6) is 0 Å². The zero-order valence-electron chi connectivity index (χ0n) is 15.5. The van der Waals surface area contributed by atoms with Gasteiger partial charge >= 0.3 is 6.18 Å². The number of aromatic nitrogens is 5. The molecule has 1 aliphatic heterocycles. The van der Waals surface area contributed by atoms with E-state index in [4.69, 9.17) is 0 Å². The highest BCUT2D eigenvalue weighted by atomic mass is 32.1. The van der Waals surface area contributed by atoms with E-state index in [1.54, 1.807) is 4.68 Å². The van der Waals surface area contributed by atoms with Gasteiger partial charge in [0.05, 0.1) is 23.7 Å². The number of hydrogen-bond donors (Lipinski definition) is 1. The van der Waals surface area contributed by atoms with Crippen molar-refractivity contribution in [1.29, 1.82) is 0 Å². The normalized spacial score (nSPS) is 16.4. The highest BCUT2D eigenvalue weighted by Gasteiger charge is 2.31. The average molecular weight is 425 g/mol. The van der Waals surface area contributed by atoms with Crippen molar-refractivity contribution in [3.63, 3.8) is 0 Å². The third-order valence-corrected chi connectivity index (χ3v) is 5.60. The van der Waals surface area contributed by atoms with Crippen LogP contribution in [0.1, 0.15) is 29.5 Å². The first-order chi connectivity index (χ1) is 13.8. The van der Waals surface area contributed by atoms with Crippen molar-refractivity contribution in [3.05, 3.63) is 28.8 Å². The number of nitrogens with one attached hydrogen (secondary N) is 1. The van der Waals surface area contributed by atoms with E-state index in [1.807, 2.05) is 11.8 Å². The van der Waals surface area contributed by atoms with E-state index in [0.717, 1.165) is 30.0 Å². The number of rotatable bonds is 4. The third kappa shape index (κ3) is 4.37. The number of hydrogen-bond acceptors (Lipinski definition) is 7. The van der Waals surface area contributed by atoms with Gasteiger partial charge in [-0.1, -0.05) is 16.6 Å². The fourth-order valence-corrected chi connectivity index (χ4v) is 4.03. The number of likely N-dealkylation sites (tertiary alicyclic amines) is 1. The van der Waals surface area contributed by atoms with E-state index in [9.17, 15) is 18.0 Å². The van der Waals surface area contributed by atoms with Gasteiger partial charge in [0.15, 0.2) is 0 Å². The number of halogens is 3. The molecule has 29 heavy (non-hydrogen) atoms. The molecular formula is C17H18F3N7OS. The highest BCUT2D eigenvalue weighted by Crippen LogP contribution is 2.32. The Labute approximate surface area is 167 Å². The molecule has 1 amide bonds. The third-order valence-electron chi connectivity index (χ3n) is 4.84. The van der Waals surface area contributed by atoms with Gasteiger partial charge < -0.3 is 0 Å². The lowest BCUT2D eigenvalue weighted by atomic mass is 10.0. The first-order valence-electron chi connectivity index (χ1n) is 9.04. The summed E-state index contributed by atoms with van der Waals surface area (Å²) >= 11 is 1.32. The number of aryl methyl sites for hydroxylation is 1. The summed E-state index contributed by atoms with van der Waals surface area (Å²) in [7, 11) is 0. The lowest BCUT2D eigenvalue weighted by Gasteiger charge is -2.31. The van der Waals surface area contributed by atoms with Gasteiger partial charge in [0.2, 0.25) is 11.0 Å². The van der Waals surface area contributed by atoms with Crippen LogP contribution in [0, 0.1) is 6.92 Å². The minimum Gasteiger partial charge on any atom is -0.299 e. The molecule has 1 aromatic carbocycles. The van der Waals surface area contributed by atoms with Crippen molar-refractivity contribution in [2.75, 3.05) is 25.0 Å². The Morgan fingerprint density at radius 3 is 2.66 bits per heavy atom. The van der Waals surface area contributed by atoms with Crippen LogP contribution in [0.3, 0.4) is 0 Å². The summed E-state index contributed by atoms with van der Waals surface area (Å²) in [5.74, 6) is -0.148. The van der Waals surface area contributed by atoms with E-state index < -0.39 is 11.7 Å². The van der Waals surface area contributed by atoms with Gasteiger partial charge in [0.1, 0.15) is 10.5 Å². The number of carbonyl (C=O) groups excluding carboxylic acids is 1. The van der Waals surface area contributed by atoms with E-state index in [-0.39, 0.29) is 24.0 Å². The molecule has 8 nitrogen and oxygen atoms in total. The van der Waals surface area contributed by atoms with Crippen LogP contribution in [0.2, 0.25) is 0 Å². The molecule has 0 radical (unpaired) electrons. The molecule has 1 saturated heterocycles. The molecule has 0 saturated carbocycles. The molecule has 154 valence electrons. The van der Waals surface area contributed by atoms with E-state index >= 15 is 0 Å². The Kier molecular flexibility index (Phi) is 5.21. The monoisotopic (exact) mass is 425 g/mol. The largest absolute Gasteiger partial charge is 0.416 e. The fourth-order valence-electron chi connectivity index (χ4n) is 3.42. The van der Waals surface area contributed by atoms with Crippen LogP contribution in [-0.2, 0) is 11.0 Å². The molecule has 1 fully saturated rings. The summed E-state index contributed by atoms with van der Waals surface area (Å²) < 4.78 is 40.3. The second kappa shape index (κ2) is 7.67. The Balaban J connectivity index is 1.36. The van der Waals surface area contributed by atoms with Gasteiger partial charge in [-0.15, -0.1) is 15.3 Å². The summed E-state index contributed by atoms with van der Waals surface area (Å²) in [6.07, 6.45) is -2.95. The molecule has 4 rings (SSSR count). The number of amides is 1. The van der Waals surface area contributed by atoms with Crippen molar-refractivity contribution in [2.24, 2.45) is 0 Å². The van der Waals surface area contributed by atoms with E-state index in [1.165, 1.54) is 17.4 Å². The maximum Gasteiger partial charge on any atom is 0.416 e. The molecule has 0 aliphatic carbocycles. The smallest absolute Gasteiger partial charge is 0.299 e. The first-order valence-corrected chi connectivity index (χ1v) is 9.86. The molecule has 3 heterocycles. The molecule has 0 atom stereocenters. The number of fused-ring (bicyclic) bond motifs is 1. The van der Waals surface area contributed by atoms with Gasteiger partial charge in [-0.3, -0.25) is 15.0 Å². The Hall–Kier alpha value is -2.60. The Morgan fingerprint density at radius 2 is 2.00 bits per heavy atom. The molecule has 0 bridgehead atoms. The lowest BCUT2D eigenvalue weighted by Crippen LogP contribution is -2.39. The van der Waals surface area contributed by atoms with Crippen molar-refractivity contribution in [1.82, 2.24) is 30.1 Å². The van der Waals surface area contributed by atoms with E-state index in [0.29, 0.717) is 23.7 Å². The summed E-state index contributed by atoms with van der Waals surface area (Å²) in [6, 6.07) is 3.52. The Morgan fingerprint density at radius 1 is 1.24 bits per heavy atom. The molecule has 0 unspecified atom stereocenters. The molecule has 1 aliphatic rings. The van der Waals surface area contributed by atoms with Gasteiger partial charge in [0, 0.05) is 13.1 Å². The lowest BCUT2D eigenvalue weighted by molar-refractivity contribution is -0.137. The molecule has 12 heteroatoms. The van der Waals surface area contributed by atoms with Crippen LogP contribution >= 0.6 is 11.3 Å². The fraction of sp³-hybridized carbons (Fsp3) is 0.471. The number of nitrogens with zero attached hydrogens (tertiary/aromatic N) is 6. The minimum atomic E-state index is -4.41. The maximum absolute atomic E-state index is 12.9. The van der Waals surface area contributed by atoms with E-state index in [2.05, 4.69) is 25.8 Å². The molecule has 2 aromatic heterocycles. The molecule has 3 aromatic rings. The summed E-state index contributed by atoms with van der Waals surface area (Å²) in [5.41, 5.74) is 0.0818. The SMILES string of the molecule is Cc1nnc(NC(=O)CN2CCC(n3nnc4cc(C(F)(F)F)ccc43)CC2)s1. The van der Waals surface area contributed by atoms with Crippen LogP contribution < -0.4 is 5.32 Å². The second-order valence-electron chi connectivity index (χ2n) is 6.92. The zero-order valence-corrected chi connectivity index (χ0v) is 16.3.